The fourth-order valence-corrected chi connectivity index (χ4v) is 8.75. The van der Waals surface area contributed by atoms with Crippen LogP contribution in [0, 0.1) is 5.92 Å². The highest BCUT2D eigenvalue weighted by atomic mass is 16.7. The maximum Gasteiger partial charge on any atom is 0.341 e. The van der Waals surface area contributed by atoms with Gasteiger partial charge in [-0.25, -0.2) is 4.79 Å². The summed E-state index contributed by atoms with van der Waals surface area (Å²) in [5, 5.41) is 16.7. The third-order valence-electron chi connectivity index (χ3n) is 10.4. The summed E-state index contributed by atoms with van der Waals surface area (Å²) in [5.41, 5.74) is 3.59. The number of piperidine rings is 1. The molecule has 3 aliphatic heterocycles. The van der Waals surface area contributed by atoms with Crippen LogP contribution in [-0.4, -0.2) is 65.1 Å². The molecule has 3 heterocycles. The normalized spacial score (nSPS) is 35.6. The zero-order valence-electron chi connectivity index (χ0n) is 22.3. The average Bonchev–Trinajstić information content (AvgIpc) is 3.53. The minimum Gasteiger partial charge on any atom is -0.487 e. The van der Waals surface area contributed by atoms with Crippen LogP contribution in [0.4, 0.5) is 5.69 Å². The topological polar surface area (TPSA) is 97.3 Å². The van der Waals surface area contributed by atoms with E-state index in [2.05, 4.69) is 28.4 Å². The molecule has 8 nitrogen and oxygen atoms in total. The summed E-state index contributed by atoms with van der Waals surface area (Å²) >= 11 is 0. The van der Waals surface area contributed by atoms with Crippen molar-refractivity contribution in [1.82, 2.24) is 4.90 Å². The average molecular weight is 531 g/mol. The first-order chi connectivity index (χ1) is 18.8. The van der Waals surface area contributed by atoms with Gasteiger partial charge < -0.3 is 24.6 Å². The molecule has 8 heteroatoms. The lowest BCUT2D eigenvalue weighted by molar-refractivity contribution is -0.191. The van der Waals surface area contributed by atoms with Crippen LogP contribution in [0.2, 0.25) is 0 Å². The van der Waals surface area contributed by atoms with Gasteiger partial charge >= 0.3 is 11.9 Å². The Kier molecular flexibility index (Phi) is 4.86. The lowest BCUT2D eigenvalue weighted by atomic mass is 9.46. The second kappa shape index (κ2) is 7.98. The van der Waals surface area contributed by atoms with Crippen LogP contribution in [0.25, 0.3) is 0 Å². The number of nitrogens with one attached hydrogen (secondary N) is 1. The molecule has 0 radical (unpaired) electrons. The Morgan fingerprint density at radius 2 is 2.08 bits per heavy atom. The van der Waals surface area contributed by atoms with Gasteiger partial charge in [0.2, 0.25) is 6.29 Å². The van der Waals surface area contributed by atoms with Crippen molar-refractivity contribution in [3.63, 3.8) is 0 Å². The van der Waals surface area contributed by atoms with Gasteiger partial charge in [-0.05, 0) is 73.9 Å². The van der Waals surface area contributed by atoms with Crippen molar-refractivity contribution in [2.24, 2.45) is 5.92 Å². The van der Waals surface area contributed by atoms with E-state index in [0.29, 0.717) is 12.0 Å². The number of benzene rings is 2. The molecule has 2 N–H and O–H groups in total. The number of carbonyl (C=O) groups excluding carboxylic acids is 2. The number of ether oxygens (including phenoxy) is 3. The van der Waals surface area contributed by atoms with E-state index in [1.54, 1.807) is 6.07 Å². The number of esters is 2. The van der Waals surface area contributed by atoms with Gasteiger partial charge in [0.15, 0.2) is 0 Å². The van der Waals surface area contributed by atoms with Gasteiger partial charge in [-0.2, -0.15) is 0 Å². The molecule has 8 rings (SSSR count). The number of nitrogens with zero attached hydrogens (tertiary/aromatic N) is 1. The fraction of sp³-hybridized carbons (Fsp3) is 0.548. The monoisotopic (exact) mass is 530 g/mol. The van der Waals surface area contributed by atoms with Gasteiger partial charge in [-0.15, -0.1) is 0 Å². The van der Waals surface area contributed by atoms with E-state index < -0.39 is 29.2 Å². The Morgan fingerprint density at radius 3 is 2.87 bits per heavy atom. The van der Waals surface area contributed by atoms with Crippen molar-refractivity contribution < 1.29 is 28.9 Å². The van der Waals surface area contributed by atoms with Crippen LogP contribution in [0.5, 0.6) is 5.75 Å². The van der Waals surface area contributed by atoms with Crippen molar-refractivity contribution in [2.75, 3.05) is 18.4 Å². The summed E-state index contributed by atoms with van der Waals surface area (Å²) in [6.45, 7) is 4.86. The molecule has 1 saturated heterocycles. The van der Waals surface area contributed by atoms with Gasteiger partial charge in [0.25, 0.3) is 0 Å². The predicted octanol–water partition coefficient (Wildman–Crippen LogP) is 3.50. The van der Waals surface area contributed by atoms with Crippen molar-refractivity contribution in [3.05, 3.63) is 58.7 Å². The molecule has 2 aromatic carbocycles. The van der Waals surface area contributed by atoms with Gasteiger partial charge in [-0.1, -0.05) is 18.2 Å². The zero-order valence-corrected chi connectivity index (χ0v) is 22.3. The first-order valence-corrected chi connectivity index (χ1v) is 14.3. The summed E-state index contributed by atoms with van der Waals surface area (Å²) in [6.07, 6.45) is 3.83. The Labute approximate surface area is 227 Å². The summed E-state index contributed by atoms with van der Waals surface area (Å²) in [4.78, 5) is 26.6. The van der Waals surface area contributed by atoms with Crippen LogP contribution < -0.4 is 10.1 Å². The van der Waals surface area contributed by atoms with E-state index in [1.807, 2.05) is 12.1 Å². The molecule has 6 aliphatic rings. The van der Waals surface area contributed by atoms with Crippen molar-refractivity contribution >= 4 is 17.6 Å². The van der Waals surface area contributed by atoms with Gasteiger partial charge in [0, 0.05) is 43.6 Å². The molecular formula is C31H34N2O6. The predicted molar refractivity (Wildman–Crippen MR) is 142 cm³/mol. The largest absolute Gasteiger partial charge is 0.487 e. The Morgan fingerprint density at radius 1 is 1.23 bits per heavy atom. The molecule has 2 saturated carbocycles. The lowest BCUT2D eigenvalue weighted by Gasteiger charge is -2.65. The molecule has 1 spiro atoms. The number of rotatable bonds is 5. The van der Waals surface area contributed by atoms with E-state index in [1.165, 1.54) is 37.8 Å². The molecule has 2 bridgehead atoms. The Balaban J connectivity index is 1.17. The number of aliphatic hydroxyl groups is 1. The molecule has 0 aromatic heterocycles. The number of likely N-dealkylation sites (tertiary alicyclic amines) is 1. The third kappa shape index (κ3) is 3.19. The Hall–Kier alpha value is -3.10. The second-order valence-corrected chi connectivity index (χ2v) is 12.5. The molecule has 7 atom stereocenters. The minimum absolute atomic E-state index is 0.0134. The molecule has 3 aliphatic carbocycles. The smallest absolute Gasteiger partial charge is 0.341 e. The van der Waals surface area contributed by atoms with E-state index in [4.69, 9.17) is 14.2 Å². The molecule has 204 valence electrons. The van der Waals surface area contributed by atoms with Crippen LogP contribution in [0.1, 0.15) is 72.5 Å². The van der Waals surface area contributed by atoms with Gasteiger partial charge in [0.1, 0.15) is 11.9 Å². The Bertz CT molecular complexity index is 1410. The third-order valence-corrected chi connectivity index (χ3v) is 10.4. The van der Waals surface area contributed by atoms with Crippen molar-refractivity contribution in [2.45, 2.75) is 87.4 Å². The first-order valence-electron chi connectivity index (χ1n) is 14.3. The quantitative estimate of drug-likeness (QED) is 0.448. The lowest BCUT2D eigenvalue weighted by Crippen LogP contribution is -2.78. The highest BCUT2D eigenvalue weighted by molar-refractivity contribution is 5.91. The molecule has 7 unspecified atom stereocenters. The maximum absolute atomic E-state index is 12.9. The molecule has 39 heavy (non-hydrogen) atoms. The number of hydrogen-bond acceptors (Lipinski definition) is 8. The zero-order chi connectivity index (χ0) is 26.7. The summed E-state index contributed by atoms with van der Waals surface area (Å²) in [7, 11) is 0. The standard InChI is InChI=1S/C31H34N2O6/c1-16(34)37-17(2)38-29(35)20-8-9-21-22-14-31(36)25-13-19-4-3-5-24-26(19)30(31,10-11-33(25)15-18-6-7-18)28(39-24)27(22)32-23(21)12-20/h3-5,8-9,12,17-18,22,25,27-28,32,36H,6-7,10-11,13-15H2,1-2H3. The highest BCUT2D eigenvalue weighted by Gasteiger charge is 2.75. The van der Waals surface area contributed by atoms with E-state index in [9.17, 15) is 14.7 Å². The van der Waals surface area contributed by atoms with Gasteiger partial charge in [-0.3, -0.25) is 9.69 Å². The highest BCUT2D eigenvalue weighted by Crippen LogP contribution is 2.67. The number of anilines is 1. The number of carbonyl (C=O) groups is 2. The fourth-order valence-electron chi connectivity index (χ4n) is 8.75. The van der Waals surface area contributed by atoms with Crippen LogP contribution in [0.3, 0.4) is 0 Å². The molecule has 2 aromatic rings. The molecule has 0 amide bonds. The summed E-state index contributed by atoms with van der Waals surface area (Å²) in [6, 6.07) is 12.0. The number of hydrogen-bond donors (Lipinski definition) is 2. The number of fused-ring (bicyclic) bond motifs is 4. The maximum atomic E-state index is 12.9. The first kappa shape index (κ1) is 23.8. The van der Waals surface area contributed by atoms with Crippen LogP contribution in [-0.2, 0) is 26.1 Å². The van der Waals surface area contributed by atoms with E-state index in [-0.39, 0.29) is 24.1 Å². The molecule has 3 fully saturated rings. The van der Waals surface area contributed by atoms with Crippen LogP contribution in [0.15, 0.2) is 36.4 Å². The van der Waals surface area contributed by atoms with E-state index in [0.717, 1.165) is 48.8 Å². The van der Waals surface area contributed by atoms with Crippen molar-refractivity contribution in [3.8, 4) is 5.75 Å². The molecular weight excluding hydrogens is 496 g/mol. The van der Waals surface area contributed by atoms with E-state index >= 15 is 0 Å². The minimum atomic E-state index is -0.965. The second-order valence-electron chi connectivity index (χ2n) is 12.5. The summed E-state index contributed by atoms with van der Waals surface area (Å²) < 4.78 is 17.1. The van der Waals surface area contributed by atoms with Crippen LogP contribution >= 0.6 is 0 Å². The SMILES string of the molecule is CC(=O)OC(C)OC(=O)c1ccc2c(c1)NC1C2CC2(O)C3Cc4cccc5c4C2(CCN3CC2CC2)C1O5. The van der Waals surface area contributed by atoms with Crippen molar-refractivity contribution in [1.29, 1.82) is 0 Å². The summed E-state index contributed by atoms with van der Waals surface area (Å²) in [5.74, 6) is 0.697. The van der Waals surface area contributed by atoms with Gasteiger partial charge in [0.05, 0.1) is 22.6 Å².